The molecule has 1 aromatic heterocycles. The van der Waals surface area contributed by atoms with Crippen molar-refractivity contribution in [2.75, 3.05) is 6.54 Å². The summed E-state index contributed by atoms with van der Waals surface area (Å²) in [6.45, 7) is 2.55. The van der Waals surface area contributed by atoms with Gasteiger partial charge in [0.2, 0.25) is 5.89 Å². The van der Waals surface area contributed by atoms with Gasteiger partial charge in [-0.15, -0.1) is 10.2 Å². The molecule has 3 rings (SSSR count). The van der Waals surface area contributed by atoms with Crippen molar-refractivity contribution < 1.29 is 9.21 Å². The van der Waals surface area contributed by atoms with E-state index in [1.165, 1.54) is 0 Å². The first-order valence-corrected chi connectivity index (χ1v) is 8.39. The third kappa shape index (κ3) is 4.67. The van der Waals surface area contributed by atoms with Gasteiger partial charge in [0.25, 0.3) is 0 Å². The molecule has 1 heterocycles. The number of carbonyl (C=O) groups is 1. The Balaban J connectivity index is 1.56. The van der Waals surface area contributed by atoms with Crippen LogP contribution in [-0.2, 0) is 6.42 Å². The van der Waals surface area contributed by atoms with Gasteiger partial charge in [0.05, 0.1) is 6.42 Å². The molecule has 0 bridgehead atoms. The number of hydrogen-bond acceptors (Lipinski definition) is 4. The second-order valence-corrected chi connectivity index (χ2v) is 6.26. The van der Waals surface area contributed by atoms with Gasteiger partial charge in [-0.25, -0.2) is 0 Å². The Bertz CT molecular complexity index is 831. The second-order valence-electron chi connectivity index (χ2n) is 5.83. The summed E-state index contributed by atoms with van der Waals surface area (Å²) in [5.41, 5.74) is 2.15. The van der Waals surface area contributed by atoms with Crippen LogP contribution in [0.15, 0.2) is 59.0 Å². The number of benzene rings is 2. The maximum Gasteiger partial charge on any atom is 0.308 e. The molecule has 0 aliphatic carbocycles. The van der Waals surface area contributed by atoms with Crippen molar-refractivity contribution in [1.29, 1.82) is 0 Å². The number of nitrogens with zero attached hydrogens (tertiary/aromatic N) is 2. The Hall–Kier alpha value is -2.66. The van der Waals surface area contributed by atoms with E-state index < -0.39 is 0 Å². The summed E-state index contributed by atoms with van der Waals surface area (Å²) in [6.07, 6.45) is 0.456. The van der Waals surface area contributed by atoms with Gasteiger partial charge >= 0.3 is 11.8 Å². The van der Waals surface area contributed by atoms with Crippen LogP contribution in [-0.4, -0.2) is 22.6 Å². The quantitative estimate of drug-likeness (QED) is 0.729. The van der Waals surface area contributed by atoms with Crippen molar-refractivity contribution >= 4 is 17.5 Å². The normalized spacial score (nSPS) is 11.9. The number of halogens is 1. The maximum absolute atomic E-state index is 12.2. The summed E-state index contributed by atoms with van der Waals surface area (Å²) < 4.78 is 5.45. The Kier molecular flexibility index (Phi) is 5.46. The molecular weight excluding hydrogens is 338 g/mol. The zero-order valence-electron chi connectivity index (χ0n) is 13.8. The fourth-order valence-electron chi connectivity index (χ4n) is 2.41. The summed E-state index contributed by atoms with van der Waals surface area (Å²) in [5.74, 6) is 0.201. The van der Waals surface area contributed by atoms with E-state index in [9.17, 15) is 4.79 Å². The average molecular weight is 356 g/mol. The Morgan fingerprint density at radius 2 is 1.84 bits per heavy atom. The number of aromatic nitrogens is 2. The smallest absolute Gasteiger partial charge is 0.308 e. The van der Waals surface area contributed by atoms with Crippen LogP contribution in [0.2, 0.25) is 5.02 Å². The van der Waals surface area contributed by atoms with E-state index in [0.29, 0.717) is 23.9 Å². The molecule has 0 aliphatic rings. The van der Waals surface area contributed by atoms with Crippen LogP contribution in [0, 0.1) is 0 Å². The van der Waals surface area contributed by atoms with Gasteiger partial charge in [-0.1, -0.05) is 61.0 Å². The number of rotatable bonds is 6. The van der Waals surface area contributed by atoms with Gasteiger partial charge in [-0.3, -0.25) is 4.79 Å². The fourth-order valence-corrected chi connectivity index (χ4v) is 2.54. The fraction of sp³-hybridized carbons (Fsp3) is 0.211. The first kappa shape index (κ1) is 17.2. The van der Waals surface area contributed by atoms with E-state index in [4.69, 9.17) is 16.0 Å². The van der Waals surface area contributed by atoms with E-state index in [1.807, 2.05) is 42.5 Å². The van der Waals surface area contributed by atoms with Gasteiger partial charge in [0, 0.05) is 11.6 Å². The minimum Gasteiger partial charge on any atom is -0.417 e. The molecule has 0 aliphatic heterocycles. The number of hydrogen-bond donors (Lipinski definition) is 1. The SMILES string of the molecule is CC(CNC(=O)c1nnc(Cc2ccc(Cl)cc2)o1)c1ccccc1. The van der Waals surface area contributed by atoms with Crippen LogP contribution in [0.1, 0.15) is 40.5 Å². The van der Waals surface area contributed by atoms with Crippen LogP contribution < -0.4 is 5.32 Å². The molecule has 2 aromatic carbocycles. The first-order valence-electron chi connectivity index (χ1n) is 8.02. The highest BCUT2D eigenvalue weighted by Crippen LogP contribution is 2.14. The third-order valence-electron chi connectivity index (χ3n) is 3.87. The summed E-state index contributed by atoms with van der Waals surface area (Å²) >= 11 is 5.86. The van der Waals surface area contributed by atoms with E-state index in [2.05, 4.69) is 22.4 Å². The molecule has 0 saturated heterocycles. The highest BCUT2D eigenvalue weighted by molar-refractivity contribution is 6.30. The predicted octanol–water partition coefficient (Wildman–Crippen LogP) is 3.85. The first-order chi connectivity index (χ1) is 12.1. The molecule has 3 aromatic rings. The molecule has 1 N–H and O–H groups in total. The van der Waals surface area contributed by atoms with Crippen LogP contribution in [0.3, 0.4) is 0 Å². The molecule has 1 amide bonds. The minimum atomic E-state index is -0.363. The molecular formula is C19H18ClN3O2. The van der Waals surface area contributed by atoms with Crippen LogP contribution in [0.4, 0.5) is 0 Å². The van der Waals surface area contributed by atoms with E-state index in [0.717, 1.165) is 11.1 Å². The molecule has 1 atom stereocenters. The summed E-state index contributed by atoms with van der Waals surface area (Å²) in [6, 6.07) is 17.4. The van der Waals surface area contributed by atoms with E-state index in [1.54, 1.807) is 12.1 Å². The van der Waals surface area contributed by atoms with Crippen molar-refractivity contribution in [3.63, 3.8) is 0 Å². The van der Waals surface area contributed by atoms with Gasteiger partial charge in [-0.2, -0.15) is 0 Å². The van der Waals surface area contributed by atoms with E-state index in [-0.39, 0.29) is 17.7 Å². The lowest BCUT2D eigenvalue weighted by Crippen LogP contribution is -2.27. The maximum atomic E-state index is 12.2. The third-order valence-corrected chi connectivity index (χ3v) is 4.12. The summed E-state index contributed by atoms with van der Waals surface area (Å²) in [7, 11) is 0. The van der Waals surface area contributed by atoms with Crippen molar-refractivity contribution in [2.24, 2.45) is 0 Å². The summed E-state index contributed by atoms with van der Waals surface area (Å²) in [5, 5.41) is 11.3. The van der Waals surface area contributed by atoms with Crippen LogP contribution in [0.5, 0.6) is 0 Å². The standard InChI is InChI=1S/C19H18ClN3O2/c1-13(15-5-3-2-4-6-15)12-21-18(24)19-23-22-17(25-19)11-14-7-9-16(20)10-8-14/h2-10,13H,11-12H2,1H3,(H,21,24). The molecule has 25 heavy (non-hydrogen) atoms. The Morgan fingerprint density at radius 3 is 2.56 bits per heavy atom. The zero-order chi connectivity index (χ0) is 17.6. The summed E-state index contributed by atoms with van der Waals surface area (Å²) in [4.78, 5) is 12.2. The van der Waals surface area contributed by atoms with Gasteiger partial charge in [0.15, 0.2) is 0 Å². The average Bonchev–Trinajstić information content (AvgIpc) is 3.10. The van der Waals surface area contributed by atoms with Crippen molar-refractivity contribution in [3.8, 4) is 0 Å². The molecule has 0 fully saturated rings. The molecule has 5 nitrogen and oxygen atoms in total. The van der Waals surface area contributed by atoms with Crippen molar-refractivity contribution in [3.05, 3.63) is 82.5 Å². The number of amides is 1. The topological polar surface area (TPSA) is 68.0 Å². The number of carbonyl (C=O) groups excluding carboxylic acids is 1. The van der Waals surface area contributed by atoms with Crippen LogP contribution >= 0.6 is 11.6 Å². The zero-order valence-corrected chi connectivity index (χ0v) is 14.5. The Labute approximate surface area is 151 Å². The van der Waals surface area contributed by atoms with Crippen LogP contribution in [0.25, 0.3) is 0 Å². The van der Waals surface area contributed by atoms with E-state index >= 15 is 0 Å². The molecule has 6 heteroatoms. The minimum absolute atomic E-state index is 0.0239. The van der Waals surface area contributed by atoms with Gasteiger partial charge in [-0.05, 0) is 29.2 Å². The van der Waals surface area contributed by atoms with Crippen molar-refractivity contribution in [1.82, 2.24) is 15.5 Å². The molecule has 0 radical (unpaired) electrons. The molecule has 0 saturated carbocycles. The van der Waals surface area contributed by atoms with Crippen molar-refractivity contribution in [2.45, 2.75) is 19.3 Å². The lowest BCUT2D eigenvalue weighted by atomic mass is 10.0. The highest BCUT2D eigenvalue weighted by atomic mass is 35.5. The molecule has 0 spiro atoms. The highest BCUT2D eigenvalue weighted by Gasteiger charge is 2.16. The lowest BCUT2D eigenvalue weighted by molar-refractivity contribution is 0.0915. The van der Waals surface area contributed by atoms with Gasteiger partial charge in [0.1, 0.15) is 0 Å². The molecule has 128 valence electrons. The Morgan fingerprint density at radius 1 is 1.12 bits per heavy atom. The van der Waals surface area contributed by atoms with Gasteiger partial charge < -0.3 is 9.73 Å². The second kappa shape index (κ2) is 7.94. The molecule has 1 unspecified atom stereocenters. The predicted molar refractivity (Wildman–Crippen MR) is 95.7 cm³/mol. The monoisotopic (exact) mass is 355 g/mol. The number of nitrogens with one attached hydrogen (secondary N) is 1. The lowest BCUT2D eigenvalue weighted by Gasteiger charge is -2.11. The largest absolute Gasteiger partial charge is 0.417 e.